The number of fused-ring (bicyclic) bond motifs is 21. The molecule has 4 heteroatoms. The molecule has 3 nitrogen and oxygen atoms in total. The number of aromatic nitrogens is 1. The number of para-hydroxylation sites is 4. The molecule has 72 heavy (non-hydrogen) atoms. The molecule has 0 N–H and O–H groups in total. The van der Waals surface area contributed by atoms with Gasteiger partial charge in [-0.3, -0.25) is 0 Å². The molecule has 0 saturated heterocycles. The maximum atomic E-state index is 6.80. The molecule has 0 unspecified atom stereocenters. The van der Waals surface area contributed by atoms with E-state index in [9.17, 15) is 0 Å². The summed E-state index contributed by atoms with van der Waals surface area (Å²) in [5, 5.41) is 2.44. The van der Waals surface area contributed by atoms with Crippen molar-refractivity contribution in [2.24, 2.45) is 0 Å². The van der Waals surface area contributed by atoms with E-state index in [1.54, 1.807) is 0 Å². The number of benzene rings is 11. The first-order valence-electron chi connectivity index (χ1n) is 24.8. The first-order chi connectivity index (χ1) is 35.7. The van der Waals surface area contributed by atoms with E-state index >= 15 is 0 Å². The minimum Gasteiger partial charge on any atom is -0.457 e. The van der Waals surface area contributed by atoms with Gasteiger partial charge in [0.1, 0.15) is 11.5 Å². The van der Waals surface area contributed by atoms with Crippen molar-refractivity contribution in [2.75, 3.05) is 4.90 Å². The van der Waals surface area contributed by atoms with E-state index < -0.39 is 10.8 Å². The Balaban J connectivity index is 1.05. The van der Waals surface area contributed by atoms with Gasteiger partial charge in [0, 0.05) is 54.2 Å². The lowest BCUT2D eigenvalue weighted by atomic mass is 9.66. The minimum atomic E-state index is -0.634. The van der Waals surface area contributed by atoms with E-state index in [1.165, 1.54) is 81.7 Å². The third-order valence-electron chi connectivity index (χ3n) is 16.1. The average molecular weight is 935 g/mol. The fourth-order valence-electron chi connectivity index (χ4n) is 13.5. The van der Waals surface area contributed by atoms with Gasteiger partial charge in [0.2, 0.25) is 0 Å². The van der Waals surface area contributed by atoms with E-state index in [2.05, 4.69) is 264 Å². The van der Waals surface area contributed by atoms with E-state index in [1.807, 2.05) is 11.8 Å². The highest BCUT2D eigenvalue weighted by atomic mass is 32.2. The Bertz CT molecular complexity index is 3980. The van der Waals surface area contributed by atoms with Crippen LogP contribution in [0.4, 0.5) is 17.1 Å². The molecule has 1 aromatic heterocycles. The van der Waals surface area contributed by atoms with Crippen LogP contribution in [0.5, 0.6) is 11.5 Å². The van der Waals surface area contributed by atoms with Crippen molar-refractivity contribution in [1.29, 1.82) is 0 Å². The summed E-state index contributed by atoms with van der Waals surface area (Å²) >= 11 is 1.89. The molecule has 16 rings (SSSR count). The topological polar surface area (TPSA) is 17.4 Å². The Morgan fingerprint density at radius 3 is 1.42 bits per heavy atom. The second kappa shape index (κ2) is 14.8. The lowest BCUT2D eigenvalue weighted by Gasteiger charge is -2.40. The van der Waals surface area contributed by atoms with Crippen molar-refractivity contribution in [3.05, 3.63) is 299 Å². The van der Waals surface area contributed by atoms with E-state index in [0.717, 1.165) is 50.9 Å². The molecule has 0 fully saturated rings. The maximum absolute atomic E-state index is 6.80. The number of hydrogen-bond donors (Lipinski definition) is 0. The van der Waals surface area contributed by atoms with Crippen LogP contribution >= 0.6 is 11.8 Å². The molecule has 0 bridgehead atoms. The van der Waals surface area contributed by atoms with Crippen LogP contribution < -0.4 is 9.64 Å². The smallest absolute Gasteiger partial charge is 0.132 e. The molecular formula is C68H42N2OS. The van der Waals surface area contributed by atoms with Gasteiger partial charge in [-0.1, -0.05) is 200 Å². The molecule has 0 atom stereocenters. The third kappa shape index (κ3) is 5.06. The van der Waals surface area contributed by atoms with Crippen molar-refractivity contribution in [2.45, 2.75) is 20.6 Å². The summed E-state index contributed by atoms with van der Waals surface area (Å²) in [5.74, 6) is 1.77. The monoisotopic (exact) mass is 934 g/mol. The van der Waals surface area contributed by atoms with Crippen molar-refractivity contribution >= 4 is 50.6 Å². The van der Waals surface area contributed by atoms with Gasteiger partial charge in [-0.15, -0.1) is 0 Å². The van der Waals surface area contributed by atoms with E-state index in [0.29, 0.717) is 0 Å². The molecule has 3 heterocycles. The van der Waals surface area contributed by atoms with Crippen molar-refractivity contribution in [3.8, 4) is 39.4 Å². The number of nitrogens with zero attached hydrogens (tertiary/aromatic N) is 2. The first-order valence-corrected chi connectivity index (χ1v) is 25.7. The Hall–Kier alpha value is -8.83. The Morgan fingerprint density at radius 2 is 0.806 bits per heavy atom. The molecule has 0 amide bonds. The molecular weight excluding hydrogens is 893 g/mol. The highest BCUT2D eigenvalue weighted by molar-refractivity contribution is 7.99. The van der Waals surface area contributed by atoms with Gasteiger partial charge in [0.05, 0.1) is 33.2 Å². The van der Waals surface area contributed by atoms with Gasteiger partial charge in [0.25, 0.3) is 0 Å². The average Bonchev–Trinajstić information content (AvgIpc) is 4.05. The summed E-state index contributed by atoms with van der Waals surface area (Å²) in [6.45, 7) is 0. The number of hydrogen-bond acceptors (Lipinski definition) is 3. The van der Waals surface area contributed by atoms with Crippen LogP contribution in [0.1, 0.15) is 44.5 Å². The Kier molecular flexibility index (Phi) is 8.24. The van der Waals surface area contributed by atoms with Gasteiger partial charge in [0.15, 0.2) is 0 Å². The SMILES string of the molecule is c1ccc(-n2c3ccccc3c3ccc(N(c4cccc5c4-c4ccccc4C54c5ccccc5Oc5ccccc54)c4cccc5c4-c4ccccc4C54c5ccccc5Sc5ccccc54)cc32)cc1. The molecule has 2 aliphatic heterocycles. The van der Waals surface area contributed by atoms with Crippen molar-refractivity contribution < 1.29 is 4.74 Å². The van der Waals surface area contributed by atoms with Crippen molar-refractivity contribution in [3.63, 3.8) is 0 Å². The van der Waals surface area contributed by atoms with E-state index in [-0.39, 0.29) is 0 Å². The zero-order valence-corrected chi connectivity index (χ0v) is 39.8. The second-order valence-electron chi connectivity index (χ2n) is 19.4. The van der Waals surface area contributed by atoms with Crippen LogP contribution in [0.3, 0.4) is 0 Å². The number of rotatable bonds is 4. The largest absolute Gasteiger partial charge is 0.457 e. The molecule has 4 aliphatic rings. The molecule has 2 aliphatic carbocycles. The number of anilines is 3. The zero-order chi connectivity index (χ0) is 47.1. The van der Waals surface area contributed by atoms with Crippen LogP contribution in [0.15, 0.2) is 265 Å². The standard InChI is InChI=1S/C68H42N2OS/c1-2-20-43(21-3-1)69-57-33-13-6-22-45(57)46-41-40-44(42-60(46)69)70(58-34-18-31-55-65(58)47-23-4-7-25-49(47)67(55)51-27-9-14-36-61(51)71-62-37-15-10-28-52(62)67)59-35-19-32-56-66(59)48-24-5-8-26-50(48)68(56)53-29-11-16-38-63(53)72-64-39-17-12-30-54(64)68/h1-42H. The summed E-state index contributed by atoms with van der Waals surface area (Å²) in [7, 11) is 0. The van der Waals surface area contributed by atoms with Crippen LogP contribution in [0, 0.1) is 0 Å². The second-order valence-corrected chi connectivity index (χ2v) is 20.5. The van der Waals surface area contributed by atoms with Gasteiger partial charge >= 0.3 is 0 Å². The third-order valence-corrected chi connectivity index (χ3v) is 17.3. The highest BCUT2D eigenvalue weighted by Crippen LogP contribution is 2.67. The lowest BCUT2D eigenvalue weighted by Crippen LogP contribution is -2.32. The maximum Gasteiger partial charge on any atom is 0.132 e. The molecule has 2 spiro atoms. The predicted octanol–water partition coefficient (Wildman–Crippen LogP) is 17.5. The van der Waals surface area contributed by atoms with Gasteiger partial charge in [-0.2, -0.15) is 0 Å². The lowest BCUT2D eigenvalue weighted by molar-refractivity contribution is 0.436. The fraction of sp³-hybridized carbons (Fsp3) is 0.0294. The normalized spacial score (nSPS) is 14.4. The minimum absolute atomic E-state index is 0.541. The first kappa shape index (κ1) is 40.0. The summed E-state index contributed by atoms with van der Waals surface area (Å²) in [5.41, 5.74) is 20.6. The summed E-state index contributed by atoms with van der Waals surface area (Å²) in [6.07, 6.45) is 0. The molecule has 0 saturated carbocycles. The van der Waals surface area contributed by atoms with Crippen LogP contribution in [0.25, 0.3) is 49.7 Å². The molecule has 0 radical (unpaired) electrons. The quantitative estimate of drug-likeness (QED) is 0.175. The van der Waals surface area contributed by atoms with Crippen molar-refractivity contribution in [1.82, 2.24) is 4.57 Å². The predicted molar refractivity (Wildman–Crippen MR) is 294 cm³/mol. The number of ether oxygens (including phenoxy) is 1. The fourth-order valence-corrected chi connectivity index (χ4v) is 14.7. The molecule has 11 aromatic carbocycles. The van der Waals surface area contributed by atoms with Gasteiger partial charge < -0.3 is 14.2 Å². The highest BCUT2D eigenvalue weighted by Gasteiger charge is 2.54. The molecule has 12 aromatic rings. The Morgan fingerprint density at radius 1 is 0.347 bits per heavy atom. The summed E-state index contributed by atoms with van der Waals surface area (Å²) in [6, 6.07) is 94.7. The zero-order valence-electron chi connectivity index (χ0n) is 39.0. The summed E-state index contributed by atoms with van der Waals surface area (Å²) < 4.78 is 9.24. The van der Waals surface area contributed by atoms with Crippen LogP contribution in [-0.2, 0) is 10.8 Å². The van der Waals surface area contributed by atoms with Gasteiger partial charge in [-0.25, -0.2) is 0 Å². The van der Waals surface area contributed by atoms with Crippen LogP contribution in [-0.4, -0.2) is 4.57 Å². The Labute approximate surface area is 421 Å². The van der Waals surface area contributed by atoms with Gasteiger partial charge in [-0.05, 0) is 111 Å². The summed E-state index contributed by atoms with van der Waals surface area (Å²) in [4.78, 5) is 5.18. The molecule has 336 valence electrons. The van der Waals surface area contributed by atoms with E-state index in [4.69, 9.17) is 4.74 Å². The van der Waals surface area contributed by atoms with Crippen LogP contribution in [0.2, 0.25) is 0 Å².